The first-order valence-electron chi connectivity index (χ1n) is 10.0. The van der Waals surface area contributed by atoms with E-state index >= 15 is 0 Å². The molecule has 0 amide bonds. The lowest BCUT2D eigenvalue weighted by molar-refractivity contribution is 0.147. The molecule has 3 aliphatic carbocycles. The standard InChI is InChI=1S/C20H34IN3/c21-24-20(18-9-5-2-6-10-18)23-19(22)17-13-11-16(12-14-17)15-7-3-1-4-8-15/h2,5,9,15-17,19-20,23-24H,1,3-4,6-8,10-14,22H2. The Balaban J connectivity index is 1.46. The van der Waals surface area contributed by atoms with E-state index in [0.29, 0.717) is 5.92 Å². The molecule has 4 heteroatoms. The van der Waals surface area contributed by atoms with E-state index in [1.54, 1.807) is 0 Å². The first-order chi connectivity index (χ1) is 11.8. The number of nitrogens with two attached hydrogens (primary N) is 1. The van der Waals surface area contributed by atoms with Gasteiger partial charge < -0.3 is 5.73 Å². The third-order valence-electron chi connectivity index (χ3n) is 6.53. The van der Waals surface area contributed by atoms with Crippen LogP contribution in [0.4, 0.5) is 0 Å². The highest BCUT2D eigenvalue weighted by atomic mass is 127. The Bertz CT molecular complexity index is 434. The fourth-order valence-electron chi connectivity index (χ4n) is 4.98. The van der Waals surface area contributed by atoms with E-state index in [1.807, 2.05) is 0 Å². The number of nitrogens with one attached hydrogen (secondary N) is 2. The van der Waals surface area contributed by atoms with Crippen molar-refractivity contribution < 1.29 is 0 Å². The second-order valence-electron chi connectivity index (χ2n) is 8.02. The lowest BCUT2D eigenvalue weighted by Gasteiger charge is -2.38. The van der Waals surface area contributed by atoms with Gasteiger partial charge in [0.25, 0.3) is 0 Å². The highest BCUT2D eigenvalue weighted by molar-refractivity contribution is 14.1. The van der Waals surface area contributed by atoms with Crippen LogP contribution in [0.3, 0.4) is 0 Å². The molecule has 0 spiro atoms. The monoisotopic (exact) mass is 443 g/mol. The molecule has 4 N–H and O–H groups in total. The molecule has 2 atom stereocenters. The van der Waals surface area contributed by atoms with Crippen molar-refractivity contribution in [1.82, 2.24) is 8.85 Å². The summed E-state index contributed by atoms with van der Waals surface area (Å²) in [5, 5.41) is 3.66. The van der Waals surface area contributed by atoms with Crippen molar-refractivity contribution >= 4 is 22.9 Å². The van der Waals surface area contributed by atoms with Gasteiger partial charge in [-0.25, -0.2) is 3.53 Å². The van der Waals surface area contributed by atoms with Crippen LogP contribution in [-0.4, -0.2) is 12.3 Å². The second kappa shape index (κ2) is 9.70. The zero-order chi connectivity index (χ0) is 16.8. The van der Waals surface area contributed by atoms with Gasteiger partial charge in [-0.2, -0.15) is 0 Å². The summed E-state index contributed by atoms with van der Waals surface area (Å²) in [7, 11) is 0. The summed E-state index contributed by atoms with van der Waals surface area (Å²) in [4.78, 5) is 0. The highest BCUT2D eigenvalue weighted by Gasteiger charge is 2.31. The Hall–Kier alpha value is 0.0900. The van der Waals surface area contributed by atoms with Crippen LogP contribution in [0.5, 0.6) is 0 Å². The van der Waals surface area contributed by atoms with Crippen molar-refractivity contribution in [3.8, 4) is 0 Å². The van der Waals surface area contributed by atoms with Crippen molar-refractivity contribution in [1.29, 1.82) is 0 Å². The summed E-state index contributed by atoms with van der Waals surface area (Å²) >= 11 is 2.26. The predicted molar refractivity (Wildman–Crippen MR) is 111 cm³/mol. The van der Waals surface area contributed by atoms with Crippen molar-refractivity contribution in [3.63, 3.8) is 0 Å². The normalized spacial score (nSPS) is 31.5. The number of allylic oxidation sites excluding steroid dienone is 3. The lowest BCUT2D eigenvalue weighted by atomic mass is 9.70. The van der Waals surface area contributed by atoms with Gasteiger partial charge in [-0.05, 0) is 61.9 Å². The molecule has 2 fully saturated rings. The number of halogens is 1. The minimum absolute atomic E-state index is 0.108. The van der Waals surface area contributed by atoms with Crippen LogP contribution in [0, 0.1) is 17.8 Å². The first-order valence-corrected chi connectivity index (χ1v) is 11.1. The van der Waals surface area contributed by atoms with E-state index < -0.39 is 0 Å². The molecule has 0 aliphatic heterocycles. The summed E-state index contributed by atoms with van der Waals surface area (Å²) in [6.45, 7) is 0. The van der Waals surface area contributed by atoms with E-state index in [-0.39, 0.29) is 12.3 Å². The van der Waals surface area contributed by atoms with Crippen molar-refractivity contribution in [3.05, 3.63) is 23.8 Å². The summed E-state index contributed by atoms with van der Waals surface area (Å²) < 4.78 is 3.38. The number of rotatable bonds is 6. The Labute approximate surface area is 161 Å². The summed E-state index contributed by atoms with van der Waals surface area (Å²) in [6.07, 6.45) is 22.0. The average molecular weight is 443 g/mol. The van der Waals surface area contributed by atoms with Crippen LogP contribution >= 0.6 is 22.9 Å². The topological polar surface area (TPSA) is 50.1 Å². The minimum atomic E-state index is 0.108. The smallest absolute Gasteiger partial charge is 0.0894 e. The van der Waals surface area contributed by atoms with Crippen LogP contribution in [0.2, 0.25) is 0 Å². The molecule has 0 aromatic carbocycles. The van der Waals surface area contributed by atoms with Gasteiger partial charge in [-0.1, -0.05) is 50.3 Å². The third-order valence-corrected chi connectivity index (χ3v) is 7.15. The van der Waals surface area contributed by atoms with Crippen LogP contribution in [0.1, 0.15) is 70.6 Å². The van der Waals surface area contributed by atoms with Crippen molar-refractivity contribution in [2.75, 3.05) is 0 Å². The maximum atomic E-state index is 6.56. The molecule has 0 saturated heterocycles. The molecule has 0 aromatic rings. The maximum Gasteiger partial charge on any atom is 0.0894 e. The van der Waals surface area contributed by atoms with E-state index in [2.05, 4.69) is 49.9 Å². The van der Waals surface area contributed by atoms with E-state index in [1.165, 1.54) is 63.4 Å². The highest BCUT2D eigenvalue weighted by Crippen LogP contribution is 2.40. The largest absolute Gasteiger partial charge is 0.316 e. The van der Waals surface area contributed by atoms with Gasteiger partial charge in [0, 0.05) is 22.9 Å². The Kier molecular flexibility index (Phi) is 7.62. The zero-order valence-corrected chi connectivity index (χ0v) is 17.0. The summed E-state index contributed by atoms with van der Waals surface area (Å²) in [5.74, 6) is 2.64. The number of hydrogen-bond acceptors (Lipinski definition) is 3. The SMILES string of the molecule is NC(NC(NI)C1=CC=CCC1)C1CCC(C2CCCCC2)CC1. The van der Waals surface area contributed by atoms with Crippen LogP contribution in [0.25, 0.3) is 0 Å². The molecule has 3 nitrogen and oxygen atoms in total. The van der Waals surface area contributed by atoms with Gasteiger partial charge in [0.05, 0.1) is 12.3 Å². The molecule has 2 saturated carbocycles. The predicted octanol–water partition coefficient (Wildman–Crippen LogP) is 4.79. The molecule has 0 heterocycles. The van der Waals surface area contributed by atoms with E-state index in [9.17, 15) is 0 Å². The van der Waals surface area contributed by atoms with Crippen molar-refractivity contribution in [2.45, 2.75) is 83.0 Å². The van der Waals surface area contributed by atoms with Crippen LogP contribution in [0.15, 0.2) is 23.8 Å². The van der Waals surface area contributed by atoms with Gasteiger partial charge in [-0.3, -0.25) is 5.32 Å². The molecular weight excluding hydrogens is 409 g/mol. The molecule has 0 aromatic heterocycles. The fourth-order valence-corrected chi connectivity index (χ4v) is 5.56. The van der Waals surface area contributed by atoms with E-state index in [0.717, 1.165) is 24.7 Å². The van der Waals surface area contributed by atoms with E-state index in [4.69, 9.17) is 5.73 Å². The van der Waals surface area contributed by atoms with Gasteiger partial charge >= 0.3 is 0 Å². The minimum Gasteiger partial charge on any atom is -0.316 e. The maximum absolute atomic E-state index is 6.56. The molecule has 136 valence electrons. The Morgan fingerprint density at radius 3 is 2.33 bits per heavy atom. The molecule has 3 rings (SSSR count). The average Bonchev–Trinajstić information content (AvgIpc) is 2.67. The van der Waals surface area contributed by atoms with Crippen LogP contribution < -0.4 is 14.6 Å². The Morgan fingerprint density at radius 2 is 1.71 bits per heavy atom. The number of hydrogen-bond donors (Lipinski definition) is 3. The first kappa shape index (κ1) is 18.9. The van der Waals surface area contributed by atoms with Crippen LogP contribution in [-0.2, 0) is 0 Å². The zero-order valence-electron chi connectivity index (χ0n) is 14.9. The quantitative estimate of drug-likeness (QED) is 0.314. The molecule has 0 radical (unpaired) electrons. The molecule has 0 bridgehead atoms. The van der Waals surface area contributed by atoms with Gasteiger partial charge in [-0.15, -0.1) is 0 Å². The van der Waals surface area contributed by atoms with Crippen molar-refractivity contribution in [2.24, 2.45) is 23.5 Å². The molecule has 3 aliphatic rings. The third kappa shape index (κ3) is 5.05. The Morgan fingerprint density at radius 1 is 1.00 bits per heavy atom. The fraction of sp³-hybridized carbons (Fsp3) is 0.800. The van der Waals surface area contributed by atoms with Gasteiger partial charge in [0.1, 0.15) is 0 Å². The van der Waals surface area contributed by atoms with Gasteiger partial charge in [0.15, 0.2) is 0 Å². The summed E-state index contributed by atoms with van der Waals surface area (Å²) in [6, 6.07) is 0. The molecular formula is C20H34IN3. The lowest BCUT2D eigenvalue weighted by Crippen LogP contribution is -2.53. The summed E-state index contributed by atoms with van der Waals surface area (Å²) in [5.41, 5.74) is 7.98. The van der Waals surface area contributed by atoms with Gasteiger partial charge in [0.2, 0.25) is 0 Å². The molecule has 24 heavy (non-hydrogen) atoms. The molecule has 2 unspecified atom stereocenters. The second-order valence-corrected chi connectivity index (χ2v) is 8.64.